The van der Waals surface area contributed by atoms with Gasteiger partial charge in [-0.1, -0.05) is 113 Å². The number of cyclic esters (lactones) is 1. The molecule has 24 N–H and O–H groups in total. The molecular weight excluding hydrogens is 1760 g/mol. The molecule has 45 heteroatoms. The molecule has 1 aromatic heterocycles. The molecule has 732 valence electrons. The number of primary amides is 1. The number of ether oxygens (including phenoxy) is 1. The van der Waals surface area contributed by atoms with Gasteiger partial charge in [0.25, 0.3) is 5.91 Å². The molecule has 45 nitrogen and oxygen atoms in total. The number of aliphatic carboxylic acids is 3. The van der Waals surface area contributed by atoms with Crippen molar-refractivity contribution in [2.24, 2.45) is 11.7 Å². The molecule has 2 fully saturated rings. The number of esters is 1. The van der Waals surface area contributed by atoms with Crippen LogP contribution in [0.15, 0.2) is 109 Å². The minimum atomic E-state index is -2.36. The fourth-order valence-electron chi connectivity index (χ4n) is 14.8. The maximum Gasteiger partial charge on any atom is 0.329 e. The summed E-state index contributed by atoms with van der Waals surface area (Å²) in [5.74, 6) is -27.3. The number of carbonyl (C=O) groups is 20. The maximum absolute atomic E-state index is 15.1. The van der Waals surface area contributed by atoms with Gasteiger partial charge in [0, 0.05) is 98.2 Å². The molecule has 0 unspecified atom stereocenters. The number of fused-ring (bicyclic) bond motifs is 1. The van der Waals surface area contributed by atoms with Crippen molar-refractivity contribution in [3.8, 4) is 0 Å². The van der Waals surface area contributed by atoms with Gasteiger partial charge in [-0.15, -0.1) is 0 Å². The van der Waals surface area contributed by atoms with Gasteiger partial charge < -0.3 is 131 Å². The number of unbranched alkanes of at least 4 members (excludes halogenated alkanes) is 6. The van der Waals surface area contributed by atoms with Crippen LogP contribution in [0, 0.1) is 5.92 Å². The predicted octanol–water partition coefficient (Wildman–Crippen LogP) is -2.92. The number of aromatic nitrogens is 1. The van der Waals surface area contributed by atoms with E-state index in [0.717, 1.165) is 58.6 Å². The van der Waals surface area contributed by atoms with Gasteiger partial charge in [-0.25, -0.2) is 4.79 Å². The van der Waals surface area contributed by atoms with Crippen LogP contribution in [0.5, 0.6) is 0 Å². The minimum absolute atomic E-state index is 0.00519. The third-order valence-corrected chi connectivity index (χ3v) is 22.3. The first-order chi connectivity index (χ1) is 64.4. The highest BCUT2D eigenvalue weighted by molar-refractivity contribution is 6.05. The summed E-state index contributed by atoms with van der Waals surface area (Å²) in [5.41, 5.74) is 14.8. The number of nitrogens with two attached hydrogens (primary N) is 2. The van der Waals surface area contributed by atoms with Crippen LogP contribution in [0.4, 0.5) is 11.4 Å². The molecule has 0 spiro atoms. The number of anilines is 2. The van der Waals surface area contributed by atoms with Crippen LogP contribution in [0.25, 0.3) is 10.9 Å². The molecule has 3 heterocycles. The van der Waals surface area contributed by atoms with E-state index in [2.05, 4.69) is 80.6 Å². The summed E-state index contributed by atoms with van der Waals surface area (Å²) in [6, 6.07) is 6.68. The Balaban J connectivity index is 1.24. The lowest BCUT2D eigenvalue weighted by molar-refractivity contribution is -0.156. The highest BCUT2D eigenvalue weighted by Gasteiger charge is 2.41. The number of Topliss-reactive ketones (excluding diaryl/α,β-unsaturated/α-hetero) is 1. The summed E-state index contributed by atoms with van der Waals surface area (Å²) < 4.78 is 5.82. The van der Waals surface area contributed by atoms with Gasteiger partial charge in [-0.3, -0.25) is 91.1 Å². The number of ketones is 1. The zero-order valence-electron chi connectivity index (χ0n) is 75.3. The van der Waals surface area contributed by atoms with Crippen molar-refractivity contribution in [1.82, 2.24) is 84.3 Å². The van der Waals surface area contributed by atoms with Gasteiger partial charge in [0.15, 0.2) is 5.78 Å². The van der Waals surface area contributed by atoms with Crippen LogP contribution in [-0.2, 0) is 104 Å². The number of carbonyl (C=O) groups excluding carboxylic acids is 17. The van der Waals surface area contributed by atoms with Crippen molar-refractivity contribution in [1.29, 1.82) is 0 Å². The number of nitrogen functional groups attached to an aromatic ring is 1. The van der Waals surface area contributed by atoms with Crippen LogP contribution >= 0.6 is 0 Å². The number of piperazine rings is 1. The Bertz CT molecular complexity index is 5010. The number of carboxylic acid groups (broad SMARTS) is 3. The summed E-state index contributed by atoms with van der Waals surface area (Å²) in [4.78, 5) is 286. The molecule has 4 aromatic carbocycles. The average molecular weight is 1890 g/mol. The van der Waals surface area contributed by atoms with E-state index in [1.54, 1.807) is 59.6 Å². The number of benzene rings is 4. The van der Waals surface area contributed by atoms with Crippen LogP contribution in [0.3, 0.4) is 0 Å². The molecule has 0 saturated carbocycles. The predicted molar refractivity (Wildman–Crippen MR) is 483 cm³/mol. The number of aromatic amines is 1. The molecule has 5 aromatic rings. The van der Waals surface area contributed by atoms with Crippen LogP contribution in [0.2, 0.25) is 0 Å². The van der Waals surface area contributed by atoms with Gasteiger partial charge in [-0.05, 0) is 106 Å². The van der Waals surface area contributed by atoms with E-state index >= 15 is 14.4 Å². The number of aliphatic hydroxyl groups is 2. The van der Waals surface area contributed by atoms with Gasteiger partial charge in [0.1, 0.15) is 72.6 Å². The summed E-state index contributed by atoms with van der Waals surface area (Å²) in [6.45, 7) is 2.88. The number of aliphatic hydroxyl groups excluding tert-OH is 2. The average Bonchev–Trinajstić information content (AvgIpc) is 1.76. The monoisotopic (exact) mass is 1880 g/mol. The summed E-state index contributed by atoms with van der Waals surface area (Å²) in [6.07, 6.45) is -1.29. The number of amides is 15. The van der Waals surface area contributed by atoms with Gasteiger partial charge in [-0.2, -0.15) is 0 Å². The quantitative estimate of drug-likeness (QED) is 0.00808. The normalized spacial score (nSPS) is 20.5. The minimum Gasteiger partial charge on any atom is -0.481 e. The van der Waals surface area contributed by atoms with Crippen molar-refractivity contribution in [2.45, 2.75) is 216 Å². The van der Waals surface area contributed by atoms with E-state index in [4.69, 9.17) is 16.2 Å². The SMILES string of the molecule is CCCCCCCCCC(=O)N[C@@H](Cc1c[nH]c2ccccc12)C(=O)N[C@@H](CC(N)=O)C(=O)N[C@@H](CCO)C(=O)N[C@@H]1C(=O)NCC(=O)N[C@@H](CCCNCc2ccc(C(=O)N3CCN(c4ccccc4)CC3)cc2)C(=O)N[C@@H](CC(=O)O)C(=O)N[C@H](C)C(=O)N[C@@H](CC(=O)O)C(=O)NCC(=O)N[C@H](CO)C(=O)N[C@@H]([C@H](C)CC(=O)O)C(=O)N[C@@H](CC(=O)c2ccccc2N)C(=O)O[C@@H]1C. The Morgan fingerprint density at radius 1 is 0.548 bits per heavy atom. The Kier molecular flexibility index (Phi) is 43.4. The van der Waals surface area contributed by atoms with Crippen molar-refractivity contribution < 1.29 is 126 Å². The fourth-order valence-corrected chi connectivity index (χ4v) is 14.8. The number of para-hydroxylation sites is 3. The summed E-state index contributed by atoms with van der Waals surface area (Å²) in [5, 5.41) is 84.0. The molecule has 13 atom stereocenters. The zero-order valence-corrected chi connectivity index (χ0v) is 75.3. The first-order valence-electron chi connectivity index (χ1n) is 44.4. The topological polar surface area (TPSA) is 695 Å². The van der Waals surface area contributed by atoms with Crippen molar-refractivity contribution >= 4 is 141 Å². The molecule has 2 saturated heterocycles. The third-order valence-electron chi connectivity index (χ3n) is 22.3. The number of hydrogen-bond acceptors (Lipinski definition) is 26. The van der Waals surface area contributed by atoms with Crippen LogP contribution < -0.4 is 90.8 Å². The largest absolute Gasteiger partial charge is 0.481 e. The second kappa shape index (κ2) is 54.5. The molecule has 7 rings (SSSR count). The Morgan fingerprint density at radius 2 is 1.13 bits per heavy atom. The second-order valence-corrected chi connectivity index (χ2v) is 32.9. The zero-order chi connectivity index (χ0) is 99.0. The third kappa shape index (κ3) is 35.2. The van der Waals surface area contributed by atoms with Crippen LogP contribution in [0.1, 0.15) is 162 Å². The number of nitrogens with zero attached hydrogens (tertiary/aromatic N) is 2. The van der Waals surface area contributed by atoms with Crippen molar-refractivity contribution in [3.05, 3.63) is 132 Å². The highest BCUT2D eigenvalue weighted by atomic mass is 16.5. The number of hydrogen-bond donors (Lipinski definition) is 22. The molecule has 2 aliphatic rings. The molecule has 15 amide bonds. The number of nitrogens with one attached hydrogen (secondary N) is 15. The van der Waals surface area contributed by atoms with E-state index in [-0.39, 0.29) is 55.9 Å². The van der Waals surface area contributed by atoms with Gasteiger partial charge in [0.2, 0.25) is 82.7 Å². The Hall–Kier alpha value is -14.5. The van der Waals surface area contributed by atoms with Crippen molar-refractivity contribution in [2.75, 3.05) is 69.7 Å². The molecule has 2 aliphatic heterocycles. The van der Waals surface area contributed by atoms with E-state index in [0.29, 0.717) is 66.6 Å². The highest BCUT2D eigenvalue weighted by Crippen LogP contribution is 2.23. The number of carboxylic acids is 3. The molecule has 135 heavy (non-hydrogen) atoms. The lowest BCUT2D eigenvalue weighted by Crippen LogP contribution is -2.61. The first kappa shape index (κ1) is 108. The number of H-pyrrole nitrogens is 1. The standard InChI is InChI=1S/C90H121N19O26/c1-5-6-7-8-9-10-14-27-71(114)99-63(40-55-46-94-60-25-18-16-22-57(55)60)84(128)103-64(42-70(92)113)85(129)101-62(32-38-110)82(126)107-78-52(4)135-90(134)67(41-69(112)58-23-15-17-24-59(58)91)105-88(132)77(50(2)39-74(117)118)106-86(130)68(49-111)100-73(116)47-95-80(124)65(43-75(119)120)102-79(123)51(3)97-83(127)66(44-76(121)122)104-81(125)61(98-72(115)48-96-87(78)131)26-19-33-93-45-53-28-30-54(31-29-53)89(133)109-36-34-108(35-37-109)56-20-12-11-13-21-56/h11-13,15-18,20-25,28-31,46,50-52,61-68,77-78,93-94,110-111H,5-10,14,19,26-27,32-45,47-49,91H2,1-4H3,(H2,92,113)(H,95,124)(H,96,131)(H,97,127)(H,98,115)(H,99,114)(H,100,116)(H,101,129)(H,102,123)(H,103,128)(H,104,125)(H,105,132)(H,106,130)(H,107,126)(H,117,118)(H,119,120)(H,121,122)/t50-,51-,52-,61+,62+,63+,64+,65+,66+,67+,68-,77+,78+/m1/s1. The summed E-state index contributed by atoms with van der Waals surface area (Å²) in [7, 11) is 0. The lowest BCUT2D eigenvalue weighted by atomic mass is 9.96. The smallest absolute Gasteiger partial charge is 0.329 e. The fraction of sp³-hybridized carbons (Fsp3) is 0.489. The van der Waals surface area contributed by atoms with E-state index in [1.165, 1.54) is 24.3 Å². The first-order valence-corrected chi connectivity index (χ1v) is 44.4. The van der Waals surface area contributed by atoms with Crippen LogP contribution in [-0.4, -0.2) is 285 Å². The molecular formula is C90H121N19O26. The number of rotatable bonds is 40. The Labute approximate surface area is 776 Å². The van der Waals surface area contributed by atoms with Gasteiger partial charge >= 0.3 is 23.9 Å². The van der Waals surface area contributed by atoms with E-state index in [9.17, 15) is 107 Å². The second-order valence-electron chi connectivity index (χ2n) is 32.9. The van der Waals surface area contributed by atoms with E-state index in [1.807, 2.05) is 41.0 Å². The molecule has 0 bridgehead atoms. The van der Waals surface area contributed by atoms with Gasteiger partial charge in [0.05, 0.1) is 45.4 Å². The Morgan fingerprint density at radius 3 is 1.76 bits per heavy atom. The van der Waals surface area contributed by atoms with Crippen molar-refractivity contribution in [3.63, 3.8) is 0 Å². The lowest BCUT2D eigenvalue weighted by Gasteiger charge is -2.36. The molecule has 0 radical (unpaired) electrons. The molecule has 0 aliphatic carbocycles. The van der Waals surface area contributed by atoms with E-state index < -0.39 is 256 Å². The summed E-state index contributed by atoms with van der Waals surface area (Å²) >= 11 is 0. The maximum atomic E-state index is 15.1.